The van der Waals surface area contributed by atoms with Crippen LogP contribution in [0.3, 0.4) is 0 Å². The fourth-order valence-electron chi connectivity index (χ4n) is 3.31. The Morgan fingerprint density at radius 2 is 2.05 bits per heavy atom. The van der Waals surface area contributed by atoms with Crippen molar-refractivity contribution in [3.63, 3.8) is 0 Å². The van der Waals surface area contributed by atoms with Gasteiger partial charge in [-0.15, -0.1) is 0 Å². The van der Waals surface area contributed by atoms with Crippen molar-refractivity contribution in [2.45, 2.75) is 45.2 Å². The summed E-state index contributed by atoms with van der Waals surface area (Å²) in [5.41, 5.74) is 5.69. The summed E-state index contributed by atoms with van der Waals surface area (Å²) in [6, 6.07) is 8.88. The lowest BCUT2D eigenvalue weighted by molar-refractivity contribution is -0.0329. The highest BCUT2D eigenvalue weighted by atomic mass is 16.5. The van der Waals surface area contributed by atoms with Gasteiger partial charge in [-0.2, -0.15) is 0 Å². The van der Waals surface area contributed by atoms with Gasteiger partial charge >= 0.3 is 0 Å². The molecule has 1 aliphatic rings. The topological polar surface area (TPSA) is 50.5 Å². The molecule has 1 heterocycles. The van der Waals surface area contributed by atoms with Crippen molar-refractivity contribution in [3.8, 4) is 0 Å². The Bertz CT molecular complexity index is 445. The van der Waals surface area contributed by atoms with Crippen LogP contribution in [0.25, 0.3) is 0 Å². The second-order valence-corrected chi connectivity index (χ2v) is 6.01. The molecule has 1 fully saturated rings. The number of rotatable bonds is 6. The molecule has 2 unspecified atom stereocenters. The standard InChI is InChI=1S/C17H29N3O/c1-4-14-7-6-8-15(13-14)16(19-18)17(3,5-2)20-9-11-21-12-10-20/h6-8,13,16,19H,4-5,9-12,18H2,1-3H3. The Morgan fingerprint density at radius 1 is 1.33 bits per heavy atom. The zero-order chi connectivity index (χ0) is 15.3. The van der Waals surface area contributed by atoms with Gasteiger partial charge in [0.1, 0.15) is 0 Å². The minimum atomic E-state index is -0.00903. The zero-order valence-corrected chi connectivity index (χ0v) is 13.6. The molecule has 0 amide bonds. The molecule has 4 heteroatoms. The summed E-state index contributed by atoms with van der Waals surface area (Å²) in [5, 5.41) is 0. The van der Waals surface area contributed by atoms with Crippen molar-refractivity contribution >= 4 is 0 Å². The second kappa shape index (κ2) is 7.36. The second-order valence-electron chi connectivity index (χ2n) is 6.01. The Kier molecular flexibility index (Phi) is 5.76. The third kappa shape index (κ3) is 3.46. The van der Waals surface area contributed by atoms with Crippen LogP contribution in [0.1, 0.15) is 44.4 Å². The van der Waals surface area contributed by atoms with Crippen molar-refractivity contribution in [1.82, 2.24) is 10.3 Å². The van der Waals surface area contributed by atoms with E-state index < -0.39 is 0 Å². The predicted octanol–water partition coefficient (Wildman–Crippen LogP) is 2.25. The first kappa shape index (κ1) is 16.4. The fourth-order valence-corrected chi connectivity index (χ4v) is 3.31. The highest BCUT2D eigenvalue weighted by Crippen LogP contribution is 2.34. The lowest BCUT2D eigenvalue weighted by atomic mass is 9.82. The molecule has 2 atom stereocenters. The monoisotopic (exact) mass is 291 g/mol. The molecule has 0 bridgehead atoms. The smallest absolute Gasteiger partial charge is 0.0641 e. The Labute approximate surface area is 128 Å². The largest absolute Gasteiger partial charge is 0.379 e. The molecule has 0 spiro atoms. The third-order valence-electron chi connectivity index (χ3n) is 4.93. The predicted molar refractivity (Wildman–Crippen MR) is 87.0 cm³/mol. The Morgan fingerprint density at radius 3 is 2.62 bits per heavy atom. The van der Waals surface area contributed by atoms with Gasteiger partial charge in [-0.3, -0.25) is 16.2 Å². The molecule has 1 aromatic carbocycles. The molecule has 21 heavy (non-hydrogen) atoms. The van der Waals surface area contributed by atoms with Crippen molar-refractivity contribution in [1.29, 1.82) is 0 Å². The van der Waals surface area contributed by atoms with E-state index in [0.717, 1.165) is 39.1 Å². The van der Waals surface area contributed by atoms with Gasteiger partial charge < -0.3 is 4.74 Å². The maximum absolute atomic E-state index is 5.96. The number of hydrogen-bond donors (Lipinski definition) is 2. The average Bonchev–Trinajstić information content (AvgIpc) is 2.56. The molecule has 0 aliphatic carbocycles. The Hall–Kier alpha value is -0.940. The van der Waals surface area contributed by atoms with Gasteiger partial charge in [-0.05, 0) is 30.9 Å². The number of hydrogen-bond acceptors (Lipinski definition) is 4. The van der Waals surface area contributed by atoms with Gasteiger partial charge in [0.05, 0.1) is 19.3 Å². The normalized spacial score (nSPS) is 21.0. The first-order valence-electron chi connectivity index (χ1n) is 8.03. The average molecular weight is 291 g/mol. The van der Waals surface area contributed by atoms with E-state index in [0.29, 0.717) is 0 Å². The summed E-state index contributed by atoms with van der Waals surface area (Å²) in [4.78, 5) is 2.51. The molecular weight excluding hydrogens is 262 g/mol. The third-order valence-corrected chi connectivity index (χ3v) is 4.93. The van der Waals surface area contributed by atoms with Gasteiger partial charge in [0.25, 0.3) is 0 Å². The van der Waals surface area contributed by atoms with E-state index >= 15 is 0 Å². The molecule has 4 nitrogen and oxygen atoms in total. The maximum Gasteiger partial charge on any atom is 0.0641 e. The van der Waals surface area contributed by atoms with E-state index in [-0.39, 0.29) is 11.6 Å². The van der Waals surface area contributed by atoms with Crippen LogP contribution >= 0.6 is 0 Å². The number of nitrogens with zero attached hydrogens (tertiary/aromatic N) is 1. The highest BCUT2D eigenvalue weighted by Gasteiger charge is 2.39. The van der Waals surface area contributed by atoms with Crippen LogP contribution in [0, 0.1) is 0 Å². The van der Waals surface area contributed by atoms with Crippen LogP contribution < -0.4 is 11.3 Å². The summed E-state index contributed by atoms with van der Waals surface area (Å²) >= 11 is 0. The fraction of sp³-hybridized carbons (Fsp3) is 0.647. The SMILES string of the molecule is CCc1cccc(C(NN)C(C)(CC)N2CCOCC2)c1. The van der Waals surface area contributed by atoms with E-state index in [1.165, 1.54) is 11.1 Å². The maximum atomic E-state index is 5.96. The number of ether oxygens (including phenoxy) is 1. The number of benzene rings is 1. The molecule has 0 radical (unpaired) electrons. The summed E-state index contributed by atoms with van der Waals surface area (Å²) in [7, 11) is 0. The van der Waals surface area contributed by atoms with Crippen molar-refractivity contribution in [3.05, 3.63) is 35.4 Å². The summed E-state index contributed by atoms with van der Waals surface area (Å²) < 4.78 is 5.50. The van der Waals surface area contributed by atoms with Crippen molar-refractivity contribution in [2.75, 3.05) is 26.3 Å². The van der Waals surface area contributed by atoms with Gasteiger partial charge in [0.2, 0.25) is 0 Å². The quantitative estimate of drug-likeness (QED) is 0.623. The molecular formula is C17H29N3O. The van der Waals surface area contributed by atoms with E-state index in [1.54, 1.807) is 0 Å². The number of hydrazine groups is 1. The molecule has 1 aromatic rings. The summed E-state index contributed by atoms with van der Waals surface area (Å²) in [6.45, 7) is 10.3. The molecule has 3 N–H and O–H groups in total. The van der Waals surface area contributed by atoms with Gasteiger partial charge in [-0.25, -0.2) is 0 Å². The molecule has 118 valence electrons. The summed E-state index contributed by atoms with van der Waals surface area (Å²) in [5.74, 6) is 5.96. The molecule has 0 saturated carbocycles. The van der Waals surface area contributed by atoms with E-state index in [1.807, 2.05) is 0 Å². The van der Waals surface area contributed by atoms with Crippen molar-refractivity contribution < 1.29 is 4.74 Å². The van der Waals surface area contributed by atoms with E-state index in [4.69, 9.17) is 10.6 Å². The van der Waals surface area contributed by atoms with Gasteiger partial charge in [-0.1, -0.05) is 38.1 Å². The van der Waals surface area contributed by atoms with Crippen LogP contribution in [0.4, 0.5) is 0 Å². The summed E-state index contributed by atoms with van der Waals surface area (Å²) in [6.07, 6.45) is 2.09. The van der Waals surface area contributed by atoms with Crippen LogP contribution in [-0.4, -0.2) is 36.7 Å². The van der Waals surface area contributed by atoms with Gasteiger partial charge in [0, 0.05) is 18.6 Å². The minimum Gasteiger partial charge on any atom is -0.379 e. The molecule has 1 aliphatic heterocycles. The van der Waals surface area contributed by atoms with Crippen LogP contribution in [-0.2, 0) is 11.2 Å². The molecule has 1 saturated heterocycles. The Balaban J connectivity index is 2.31. The van der Waals surface area contributed by atoms with E-state index in [9.17, 15) is 0 Å². The molecule has 2 rings (SSSR count). The number of nitrogens with two attached hydrogens (primary N) is 1. The lowest BCUT2D eigenvalue weighted by Crippen LogP contribution is -2.58. The van der Waals surface area contributed by atoms with Crippen LogP contribution in [0.5, 0.6) is 0 Å². The van der Waals surface area contributed by atoms with Crippen LogP contribution in [0.15, 0.2) is 24.3 Å². The lowest BCUT2D eigenvalue weighted by Gasteiger charge is -2.47. The van der Waals surface area contributed by atoms with Crippen molar-refractivity contribution in [2.24, 2.45) is 5.84 Å². The first-order valence-corrected chi connectivity index (χ1v) is 8.03. The highest BCUT2D eigenvalue weighted by molar-refractivity contribution is 5.28. The number of nitrogens with one attached hydrogen (secondary N) is 1. The zero-order valence-electron chi connectivity index (χ0n) is 13.6. The van der Waals surface area contributed by atoms with Gasteiger partial charge in [0.15, 0.2) is 0 Å². The minimum absolute atomic E-state index is 0.00903. The first-order chi connectivity index (χ1) is 10.2. The number of morpholine rings is 1. The van der Waals surface area contributed by atoms with Crippen LogP contribution in [0.2, 0.25) is 0 Å². The molecule has 0 aromatic heterocycles. The van der Waals surface area contributed by atoms with E-state index in [2.05, 4.69) is 55.4 Å². The number of aryl methyl sites for hydroxylation is 1.